The van der Waals surface area contributed by atoms with Gasteiger partial charge in [-0.2, -0.15) is 11.8 Å². The van der Waals surface area contributed by atoms with Crippen LogP contribution in [0, 0.1) is 17.7 Å². The Morgan fingerprint density at radius 1 is 1.33 bits per heavy atom. The molecule has 1 aromatic carbocycles. The summed E-state index contributed by atoms with van der Waals surface area (Å²) in [5.74, 6) is -3.04. The maximum Gasteiger partial charge on any atom is 0.327 e. The molecule has 2 saturated heterocycles. The molecule has 2 heterocycles. The third-order valence-corrected chi connectivity index (χ3v) is 6.07. The van der Waals surface area contributed by atoms with E-state index in [4.69, 9.17) is 4.74 Å². The number of rotatable bonds is 6. The quantitative estimate of drug-likeness (QED) is 0.585. The van der Waals surface area contributed by atoms with Gasteiger partial charge < -0.3 is 4.74 Å². The van der Waals surface area contributed by atoms with E-state index in [1.54, 1.807) is 25.1 Å². The summed E-state index contributed by atoms with van der Waals surface area (Å²) < 4.78 is 19.8. The molecule has 27 heavy (non-hydrogen) atoms. The number of carbonyl (C=O) groups is 3. The molecule has 2 aliphatic rings. The van der Waals surface area contributed by atoms with Gasteiger partial charge in [0, 0.05) is 18.7 Å². The van der Waals surface area contributed by atoms with E-state index >= 15 is 0 Å². The van der Waals surface area contributed by atoms with Crippen molar-refractivity contribution in [2.45, 2.75) is 24.9 Å². The Hall–Kier alpha value is -1.93. The summed E-state index contributed by atoms with van der Waals surface area (Å²) in [7, 11) is 1.41. The molecule has 0 radical (unpaired) electrons. The number of amides is 2. The van der Waals surface area contributed by atoms with Crippen LogP contribution in [-0.4, -0.2) is 53.9 Å². The Balaban J connectivity index is 2.14. The standard InChI is InChI=1S/C19H23FN2O4S/c1-4-26-18(25)19(9-10-27-3)14-13(16(23)22(2)17(14)24)15(21-19)11-7-5-6-8-12(11)20/h5-8,13-15,21H,4,9-10H2,1-3H3/t13-,14+,15-,19+/m0/s1. The van der Waals surface area contributed by atoms with Gasteiger partial charge in [-0.05, 0) is 31.4 Å². The first-order valence-electron chi connectivity index (χ1n) is 8.88. The number of likely N-dealkylation sites (tertiary alicyclic amines) is 1. The summed E-state index contributed by atoms with van der Waals surface area (Å²) in [6.45, 7) is 1.84. The first kappa shape index (κ1) is 19.8. The number of imide groups is 1. The van der Waals surface area contributed by atoms with Crippen LogP contribution in [0.4, 0.5) is 4.39 Å². The molecule has 8 heteroatoms. The van der Waals surface area contributed by atoms with Gasteiger partial charge in [0.25, 0.3) is 0 Å². The highest BCUT2D eigenvalue weighted by Gasteiger charge is 2.68. The van der Waals surface area contributed by atoms with Crippen LogP contribution in [0.2, 0.25) is 0 Å². The summed E-state index contributed by atoms with van der Waals surface area (Å²) in [6, 6.07) is 5.35. The van der Waals surface area contributed by atoms with E-state index in [2.05, 4.69) is 5.32 Å². The molecule has 0 bridgehead atoms. The molecule has 1 N–H and O–H groups in total. The maximum absolute atomic E-state index is 14.5. The van der Waals surface area contributed by atoms with Crippen molar-refractivity contribution in [3.8, 4) is 0 Å². The Kier molecular flexibility index (Phi) is 5.58. The number of nitrogens with zero attached hydrogens (tertiary/aromatic N) is 1. The van der Waals surface area contributed by atoms with Crippen molar-refractivity contribution in [2.75, 3.05) is 25.7 Å². The Bertz CT molecular complexity index is 774. The molecule has 2 amide bonds. The van der Waals surface area contributed by atoms with Crippen LogP contribution in [0.3, 0.4) is 0 Å². The number of hydrogen-bond acceptors (Lipinski definition) is 6. The average molecular weight is 394 g/mol. The molecule has 146 valence electrons. The number of thioether (sulfide) groups is 1. The zero-order valence-electron chi connectivity index (χ0n) is 15.5. The normalized spacial score (nSPS) is 29.9. The molecule has 3 rings (SSSR count). The molecule has 0 saturated carbocycles. The molecule has 2 aliphatic heterocycles. The summed E-state index contributed by atoms with van der Waals surface area (Å²) in [4.78, 5) is 39.7. The maximum atomic E-state index is 14.5. The fourth-order valence-electron chi connectivity index (χ4n) is 4.18. The van der Waals surface area contributed by atoms with Gasteiger partial charge in [0.2, 0.25) is 11.8 Å². The van der Waals surface area contributed by atoms with E-state index < -0.39 is 47.0 Å². The van der Waals surface area contributed by atoms with Crippen LogP contribution in [0.1, 0.15) is 24.9 Å². The van der Waals surface area contributed by atoms with Crippen LogP contribution >= 0.6 is 11.8 Å². The molecule has 0 unspecified atom stereocenters. The zero-order chi connectivity index (χ0) is 19.8. The van der Waals surface area contributed by atoms with Crippen molar-refractivity contribution in [1.29, 1.82) is 0 Å². The highest BCUT2D eigenvalue weighted by molar-refractivity contribution is 7.98. The van der Waals surface area contributed by atoms with Crippen LogP contribution in [0.25, 0.3) is 0 Å². The van der Waals surface area contributed by atoms with Crippen LogP contribution in [-0.2, 0) is 19.1 Å². The predicted octanol–water partition coefficient (Wildman–Crippen LogP) is 1.76. The highest BCUT2D eigenvalue weighted by Crippen LogP contribution is 2.50. The molecule has 0 spiro atoms. The van der Waals surface area contributed by atoms with E-state index in [0.717, 1.165) is 4.90 Å². The Labute approximate surface area is 161 Å². The van der Waals surface area contributed by atoms with Gasteiger partial charge in [-0.25, -0.2) is 4.39 Å². The van der Waals surface area contributed by atoms with E-state index in [0.29, 0.717) is 12.2 Å². The van der Waals surface area contributed by atoms with Crippen LogP contribution < -0.4 is 5.32 Å². The van der Waals surface area contributed by atoms with Crippen molar-refractivity contribution in [3.05, 3.63) is 35.6 Å². The van der Waals surface area contributed by atoms with Gasteiger partial charge in [-0.1, -0.05) is 18.2 Å². The fourth-order valence-corrected chi connectivity index (χ4v) is 4.71. The van der Waals surface area contributed by atoms with Crippen molar-refractivity contribution < 1.29 is 23.5 Å². The second-order valence-electron chi connectivity index (χ2n) is 6.82. The second-order valence-corrected chi connectivity index (χ2v) is 7.80. The lowest BCUT2D eigenvalue weighted by Crippen LogP contribution is -2.56. The molecule has 4 atom stereocenters. The summed E-state index contributed by atoms with van der Waals surface area (Å²) in [6.07, 6.45) is 2.21. The van der Waals surface area contributed by atoms with E-state index in [1.807, 2.05) is 6.26 Å². The lowest BCUT2D eigenvalue weighted by atomic mass is 9.77. The number of halogens is 1. The number of benzene rings is 1. The monoisotopic (exact) mass is 394 g/mol. The van der Waals surface area contributed by atoms with E-state index in [9.17, 15) is 18.8 Å². The Morgan fingerprint density at radius 3 is 2.67 bits per heavy atom. The molecule has 6 nitrogen and oxygen atoms in total. The van der Waals surface area contributed by atoms with Gasteiger partial charge in [-0.15, -0.1) is 0 Å². The largest absolute Gasteiger partial charge is 0.465 e. The highest BCUT2D eigenvalue weighted by atomic mass is 32.2. The average Bonchev–Trinajstić information content (AvgIpc) is 3.11. The third kappa shape index (κ3) is 3.04. The summed E-state index contributed by atoms with van der Waals surface area (Å²) in [5, 5.41) is 3.17. The van der Waals surface area contributed by atoms with Crippen molar-refractivity contribution in [1.82, 2.24) is 10.2 Å². The smallest absolute Gasteiger partial charge is 0.327 e. The second kappa shape index (κ2) is 7.59. The molecular weight excluding hydrogens is 371 g/mol. The first-order chi connectivity index (χ1) is 12.9. The number of nitrogens with one attached hydrogen (secondary N) is 1. The molecule has 2 fully saturated rings. The van der Waals surface area contributed by atoms with E-state index in [-0.39, 0.29) is 12.2 Å². The SMILES string of the molecule is CCOC(=O)[C@]1(CCSC)N[C@@H](c2ccccc2F)[C@H]2C(=O)N(C)C(=O)[C@@H]21. The van der Waals surface area contributed by atoms with Crippen LogP contribution in [0.15, 0.2) is 24.3 Å². The zero-order valence-corrected chi connectivity index (χ0v) is 16.3. The minimum atomic E-state index is -1.35. The third-order valence-electron chi connectivity index (χ3n) is 5.46. The number of esters is 1. The van der Waals surface area contributed by atoms with Gasteiger partial charge in [-0.3, -0.25) is 24.6 Å². The van der Waals surface area contributed by atoms with Crippen molar-refractivity contribution in [2.24, 2.45) is 11.8 Å². The van der Waals surface area contributed by atoms with Crippen LogP contribution in [0.5, 0.6) is 0 Å². The molecule has 1 aromatic rings. The lowest BCUT2D eigenvalue weighted by molar-refractivity contribution is -0.156. The van der Waals surface area contributed by atoms with Gasteiger partial charge in [0.1, 0.15) is 11.4 Å². The molecule has 0 aliphatic carbocycles. The Morgan fingerprint density at radius 2 is 2.04 bits per heavy atom. The number of carbonyl (C=O) groups excluding carboxylic acids is 3. The lowest BCUT2D eigenvalue weighted by Gasteiger charge is -2.32. The van der Waals surface area contributed by atoms with Crippen molar-refractivity contribution in [3.63, 3.8) is 0 Å². The van der Waals surface area contributed by atoms with Gasteiger partial charge >= 0.3 is 5.97 Å². The minimum absolute atomic E-state index is 0.154. The van der Waals surface area contributed by atoms with Crippen molar-refractivity contribution >= 4 is 29.5 Å². The van der Waals surface area contributed by atoms with E-state index in [1.165, 1.54) is 24.9 Å². The first-order valence-corrected chi connectivity index (χ1v) is 10.3. The summed E-state index contributed by atoms with van der Waals surface area (Å²) >= 11 is 1.53. The van der Waals surface area contributed by atoms with Gasteiger partial charge in [0.05, 0.1) is 18.4 Å². The predicted molar refractivity (Wildman–Crippen MR) is 99.4 cm³/mol. The number of ether oxygens (including phenoxy) is 1. The topological polar surface area (TPSA) is 75.7 Å². The molecular formula is C19H23FN2O4S. The van der Waals surface area contributed by atoms with Gasteiger partial charge in [0.15, 0.2) is 0 Å². The number of fused-ring (bicyclic) bond motifs is 1. The minimum Gasteiger partial charge on any atom is -0.465 e. The summed E-state index contributed by atoms with van der Waals surface area (Å²) in [5.41, 5.74) is -1.08. The fraction of sp³-hybridized carbons (Fsp3) is 0.526. The number of hydrogen-bond donors (Lipinski definition) is 1. The molecule has 0 aromatic heterocycles.